The lowest BCUT2D eigenvalue weighted by Crippen LogP contribution is -2.10. The van der Waals surface area contributed by atoms with Gasteiger partial charge in [-0.3, -0.25) is 4.57 Å². The summed E-state index contributed by atoms with van der Waals surface area (Å²) >= 11 is 0. The summed E-state index contributed by atoms with van der Waals surface area (Å²) in [4.78, 5) is 0. The Morgan fingerprint density at radius 1 is 1.45 bits per heavy atom. The van der Waals surface area contributed by atoms with Crippen LogP contribution in [0.3, 0.4) is 0 Å². The summed E-state index contributed by atoms with van der Waals surface area (Å²) in [6, 6.07) is 0. The van der Waals surface area contributed by atoms with Crippen LogP contribution in [0, 0.1) is 0 Å². The highest BCUT2D eigenvalue weighted by molar-refractivity contribution is 7.55. The Bertz CT molecular complexity index is 147. The van der Waals surface area contributed by atoms with Crippen molar-refractivity contribution in [2.24, 2.45) is 0 Å². The van der Waals surface area contributed by atoms with Gasteiger partial charge in [-0.1, -0.05) is 13.3 Å². The monoisotopic (exact) mass is 179 g/mol. The van der Waals surface area contributed by atoms with Crippen molar-refractivity contribution in [3.05, 3.63) is 0 Å². The van der Waals surface area contributed by atoms with Gasteiger partial charge in [0.2, 0.25) is 0 Å². The molecule has 0 aromatic heterocycles. The van der Waals surface area contributed by atoms with Crippen LogP contribution in [-0.2, 0) is 9.09 Å². The number of rotatable bonds is 5. The van der Waals surface area contributed by atoms with E-state index in [0.717, 1.165) is 12.8 Å². The molecule has 0 spiro atoms. The molecule has 0 aliphatic heterocycles. The minimum absolute atomic E-state index is 0.600. The Balaban J connectivity index is 3.65. The maximum atomic E-state index is 11.5. The number of hydrogen-bond donors (Lipinski definition) is 0. The highest BCUT2D eigenvalue weighted by Crippen LogP contribution is 2.44. The van der Waals surface area contributed by atoms with Crippen molar-refractivity contribution in [2.45, 2.75) is 19.8 Å². The molecule has 1 atom stereocenters. The topological polar surface area (TPSA) is 29.5 Å². The van der Waals surface area contributed by atoms with E-state index in [2.05, 4.69) is 6.92 Å². The van der Waals surface area contributed by atoms with Crippen molar-refractivity contribution in [1.82, 2.24) is 4.67 Å². The number of hydrogen-bond acceptors (Lipinski definition) is 2. The van der Waals surface area contributed by atoms with Gasteiger partial charge >= 0.3 is 0 Å². The molecule has 0 amide bonds. The fourth-order valence-corrected chi connectivity index (χ4v) is 1.19. The summed E-state index contributed by atoms with van der Waals surface area (Å²) in [6.45, 7) is 4.32. The van der Waals surface area contributed by atoms with E-state index < -0.39 is 7.52 Å². The summed E-state index contributed by atoms with van der Waals surface area (Å²) in [5.41, 5.74) is 0. The molecule has 0 aromatic rings. The smallest absolute Gasteiger partial charge is 0.268 e. The molecular formula is C7H18NO2P. The molecule has 0 radical (unpaired) electrons. The van der Waals surface area contributed by atoms with Gasteiger partial charge in [-0.2, -0.15) is 0 Å². The molecule has 0 saturated carbocycles. The summed E-state index contributed by atoms with van der Waals surface area (Å²) in [5.74, 6) is 0. The van der Waals surface area contributed by atoms with Crippen LogP contribution in [0.5, 0.6) is 0 Å². The van der Waals surface area contributed by atoms with Gasteiger partial charge in [0.15, 0.2) is 0 Å². The first-order valence-electron chi connectivity index (χ1n) is 3.90. The maximum Gasteiger partial charge on any atom is 0.268 e. The Hall–Kier alpha value is 0.150. The molecule has 68 valence electrons. The summed E-state index contributed by atoms with van der Waals surface area (Å²) in [7, 11) is 1.08. The second-order valence-corrected chi connectivity index (χ2v) is 5.50. The Labute approximate surface area is 69.2 Å². The lowest BCUT2D eigenvalue weighted by Gasteiger charge is -2.19. The van der Waals surface area contributed by atoms with Crippen molar-refractivity contribution in [1.29, 1.82) is 0 Å². The fourth-order valence-electron chi connectivity index (χ4n) is 0.494. The van der Waals surface area contributed by atoms with E-state index in [9.17, 15) is 4.57 Å². The van der Waals surface area contributed by atoms with Gasteiger partial charge in [0.1, 0.15) is 0 Å². The van der Waals surface area contributed by atoms with E-state index in [1.807, 2.05) is 0 Å². The zero-order valence-electron chi connectivity index (χ0n) is 7.83. The Kier molecular flexibility index (Phi) is 4.98. The predicted octanol–water partition coefficient (Wildman–Crippen LogP) is 2.19. The molecule has 0 aliphatic rings. The SMILES string of the molecule is CCCCOP(C)(=O)N(C)C. The van der Waals surface area contributed by atoms with Crippen LogP contribution in [0.25, 0.3) is 0 Å². The standard InChI is InChI=1S/C7H18NO2P/c1-5-6-7-10-11(4,9)8(2)3/h5-7H2,1-4H3. The quantitative estimate of drug-likeness (QED) is 0.478. The van der Waals surface area contributed by atoms with E-state index in [1.54, 1.807) is 25.4 Å². The van der Waals surface area contributed by atoms with E-state index in [4.69, 9.17) is 4.52 Å². The lowest BCUT2D eigenvalue weighted by molar-refractivity contribution is 0.280. The second-order valence-electron chi connectivity index (χ2n) is 2.84. The van der Waals surface area contributed by atoms with Crippen LogP contribution in [-0.4, -0.2) is 32.0 Å². The minimum atomic E-state index is -2.46. The van der Waals surface area contributed by atoms with Crippen LogP contribution >= 0.6 is 7.52 Å². The van der Waals surface area contributed by atoms with Crippen molar-refractivity contribution < 1.29 is 9.09 Å². The summed E-state index contributed by atoms with van der Waals surface area (Å²) in [5, 5.41) is 0. The molecule has 0 rings (SSSR count). The normalized spacial score (nSPS) is 16.8. The van der Waals surface area contributed by atoms with Gasteiger partial charge in [0.05, 0.1) is 6.61 Å². The van der Waals surface area contributed by atoms with Gasteiger partial charge in [-0.05, 0) is 20.5 Å². The molecule has 11 heavy (non-hydrogen) atoms. The second kappa shape index (κ2) is 4.91. The third-order valence-electron chi connectivity index (χ3n) is 1.56. The molecule has 0 heterocycles. The van der Waals surface area contributed by atoms with Crippen molar-refractivity contribution in [3.63, 3.8) is 0 Å². The van der Waals surface area contributed by atoms with Gasteiger partial charge in [-0.25, -0.2) is 4.67 Å². The zero-order valence-corrected chi connectivity index (χ0v) is 8.73. The molecule has 0 fully saturated rings. The first kappa shape index (κ1) is 11.2. The summed E-state index contributed by atoms with van der Waals surface area (Å²) < 4.78 is 18.3. The van der Waals surface area contributed by atoms with Crippen molar-refractivity contribution in [3.8, 4) is 0 Å². The average Bonchev–Trinajstić information content (AvgIpc) is 1.88. The largest absolute Gasteiger partial charge is 0.318 e. The third kappa shape index (κ3) is 4.57. The van der Waals surface area contributed by atoms with Crippen LogP contribution in [0.4, 0.5) is 0 Å². The molecule has 1 unspecified atom stereocenters. The third-order valence-corrected chi connectivity index (χ3v) is 3.67. The van der Waals surface area contributed by atoms with Crippen LogP contribution < -0.4 is 0 Å². The maximum absolute atomic E-state index is 11.5. The molecule has 0 aliphatic carbocycles. The van der Waals surface area contributed by atoms with E-state index in [-0.39, 0.29) is 0 Å². The summed E-state index contributed by atoms with van der Waals surface area (Å²) in [6.07, 6.45) is 2.05. The molecule has 3 nitrogen and oxygen atoms in total. The fraction of sp³-hybridized carbons (Fsp3) is 1.00. The van der Waals surface area contributed by atoms with Crippen LogP contribution in [0.2, 0.25) is 0 Å². The van der Waals surface area contributed by atoms with Crippen molar-refractivity contribution in [2.75, 3.05) is 27.4 Å². The van der Waals surface area contributed by atoms with Crippen molar-refractivity contribution >= 4 is 7.52 Å². The molecule has 0 aromatic carbocycles. The molecule has 0 bridgehead atoms. The van der Waals surface area contributed by atoms with Crippen LogP contribution in [0.1, 0.15) is 19.8 Å². The number of nitrogens with zero attached hydrogens (tertiary/aromatic N) is 1. The predicted molar refractivity (Wildman–Crippen MR) is 48.1 cm³/mol. The Morgan fingerprint density at radius 2 is 2.00 bits per heavy atom. The molecular weight excluding hydrogens is 161 g/mol. The lowest BCUT2D eigenvalue weighted by atomic mass is 10.4. The van der Waals surface area contributed by atoms with Gasteiger partial charge in [-0.15, -0.1) is 0 Å². The number of unbranched alkanes of at least 4 members (excludes halogenated alkanes) is 1. The molecule has 4 heteroatoms. The Morgan fingerprint density at radius 3 is 2.36 bits per heavy atom. The zero-order chi connectivity index (χ0) is 8.91. The highest BCUT2D eigenvalue weighted by Gasteiger charge is 2.17. The van der Waals surface area contributed by atoms with E-state index in [0.29, 0.717) is 6.61 Å². The molecule has 0 N–H and O–H groups in total. The average molecular weight is 179 g/mol. The van der Waals surface area contributed by atoms with E-state index >= 15 is 0 Å². The van der Waals surface area contributed by atoms with Gasteiger partial charge < -0.3 is 4.52 Å². The van der Waals surface area contributed by atoms with Gasteiger partial charge in [0.25, 0.3) is 7.52 Å². The molecule has 0 saturated heterocycles. The van der Waals surface area contributed by atoms with Crippen LogP contribution in [0.15, 0.2) is 0 Å². The first-order valence-corrected chi connectivity index (χ1v) is 5.93. The highest BCUT2D eigenvalue weighted by atomic mass is 31.2. The minimum Gasteiger partial charge on any atom is -0.318 e. The van der Waals surface area contributed by atoms with E-state index in [1.165, 1.54) is 0 Å². The first-order chi connectivity index (χ1) is 5.00. The van der Waals surface area contributed by atoms with Gasteiger partial charge in [0, 0.05) is 6.66 Å².